The van der Waals surface area contributed by atoms with Crippen LogP contribution in [-0.4, -0.2) is 33.2 Å². The van der Waals surface area contributed by atoms with Crippen molar-refractivity contribution >= 4 is 15.7 Å². The Hall–Kier alpha value is -1.11. The van der Waals surface area contributed by atoms with E-state index in [1.807, 2.05) is 6.07 Å². The molecule has 0 heterocycles. The first kappa shape index (κ1) is 16.9. The normalized spacial score (nSPS) is 11.5. The Morgan fingerprint density at radius 1 is 1.10 bits per heavy atom. The topological polar surface area (TPSA) is 78.4 Å². The number of rotatable bonds is 10. The van der Waals surface area contributed by atoms with Crippen molar-refractivity contribution in [3.8, 4) is 0 Å². The molecule has 1 aromatic carbocycles. The molecule has 0 fully saturated rings. The van der Waals surface area contributed by atoms with Crippen molar-refractivity contribution < 1.29 is 13.5 Å². The number of hydrogen-bond donors (Lipinski definition) is 3. The Bertz CT molecular complexity index is 489. The summed E-state index contributed by atoms with van der Waals surface area (Å²) in [7, 11) is -3.44. The molecule has 0 radical (unpaired) electrons. The summed E-state index contributed by atoms with van der Waals surface area (Å²) in [6.07, 6.45) is 3.80. The number of sulfonamides is 1. The monoisotopic (exact) mass is 300 g/mol. The highest BCUT2D eigenvalue weighted by molar-refractivity contribution is 7.89. The first-order valence-electron chi connectivity index (χ1n) is 7.05. The smallest absolute Gasteiger partial charge is 0.242 e. The predicted octanol–water partition coefficient (Wildman–Crippen LogP) is 1.95. The predicted molar refractivity (Wildman–Crippen MR) is 81.3 cm³/mol. The summed E-state index contributed by atoms with van der Waals surface area (Å²) in [5, 5.41) is 11.9. The Kier molecular flexibility index (Phi) is 7.58. The molecule has 0 unspecified atom stereocenters. The molecule has 0 aliphatic heterocycles. The Labute approximate surface area is 121 Å². The highest BCUT2D eigenvalue weighted by Crippen LogP contribution is 2.20. The van der Waals surface area contributed by atoms with Crippen LogP contribution in [0.4, 0.5) is 5.69 Å². The third-order valence-electron chi connectivity index (χ3n) is 2.91. The van der Waals surface area contributed by atoms with Gasteiger partial charge in [-0.1, -0.05) is 31.9 Å². The van der Waals surface area contributed by atoms with Gasteiger partial charge in [0.1, 0.15) is 4.90 Å². The molecule has 0 aliphatic rings. The molecule has 0 aliphatic carbocycles. The maximum absolute atomic E-state index is 12.0. The lowest BCUT2D eigenvalue weighted by Gasteiger charge is -2.12. The number of aliphatic hydroxyl groups is 1. The Morgan fingerprint density at radius 3 is 2.50 bits per heavy atom. The van der Waals surface area contributed by atoms with Gasteiger partial charge in [0.25, 0.3) is 0 Å². The first-order chi connectivity index (χ1) is 9.61. The van der Waals surface area contributed by atoms with Gasteiger partial charge in [-0.15, -0.1) is 0 Å². The van der Waals surface area contributed by atoms with Gasteiger partial charge >= 0.3 is 0 Å². The van der Waals surface area contributed by atoms with E-state index in [0.29, 0.717) is 12.2 Å². The molecule has 20 heavy (non-hydrogen) atoms. The minimum atomic E-state index is -3.44. The van der Waals surface area contributed by atoms with E-state index in [2.05, 4.69) is 10.0 Å². The van der Waals surface area contributed by atoms with Crippen LogP contribution in [0.3, 0.4) is 0 Å². The fourth-order valence-electron chi connectivity index (χ4n) is 1.93. The summed E-state index contributed by atoms with van der Waals surface area (Å²) >= 11 is 0. The fourth-order valence-corrected chi connectivity index (χ4v) is 3.15. The molecule has 0 saturated carbocycles. The number of anilines is 1. The molecule has 0 bridgehead atoms. The summed E-state index contributed by atoms with van der Waals surface area (Å²) in [5.41, 5.74) is 0.635. The standard InChI is InChI=1S/C14H24N2O3S/c1-2-16-20(18,19)14-10-6-5-9-13(14)15-11-7-3-4-8-12-17/h5-6,9-10,15-17H,2-4,7-8,11-12H2,1H3. The van der Waals surface area contributed by atoms with Crippen molar-refractivity contribution in [2.75, 3.05) is 25.0 Å². The van der Waals surface area contributed by atoms with E-state index < -0.39 is 10.0 Å². The number of unbranched alkanes of at least 4 members (excludes halogenated alkanes) is 3. The molecule has 6 heteroatoms. The molecule has 1 rings (SSSR count). The molecule has 5 nitrogen and oxygen atoms in total. The first-order valence-corrected chi connectivity index (χ1v) is 8.53. The van der Waals surface area contributed by atoms with E-state index >= 15 is 0 Å². The van der Waals surface area contributed by atoms with Crippen molar-refractivity contribution in [2.24, 2.45) is 0 Å². The van der Waals surface area contributed by atoms with Crippen LogP contribution in [-0.2, 0) is 10.0 Å². The second-order valence-corrected chi connectivity index (χ2v) is 6.30. The molecule has 1 aromatic rings. The molecular weight excluding hydrogens is 276 g/mol. The maximum atomic E-state index is 12.0. The van der Waals surface area contributed by atoms with Gasteiger partial charge in [-0.05, 0) is 25.0 Å². The van der Waals surface area contributed by atoms with E-state index in [1.165, 1.54) is 0 Å². The SMILES string of the molecule is CCNS(=O)(=O)c1ccccc1NCCCCCCO. The van der Waals surface area contributed by atoms with E-state index in [0.717, 1.165) is 32.2 Å². The zero-order valence-electron chi connectivity index (χ0n) is 11.9. The quantitative estimate of drug-likeness (QED) is 0.577. The number of para-hydroxylation sites is 1. The summed E-state index contributed by atoms with van der Waals surface area (Å²) in [4.78, 5) is 0.289. The maximum Gasteiger partial charge on any atom is 0.242 e. The van der Waals surface area contributed by atoms with Crippen molar-refractivity contribution in [2.45, 2.75) is 37.5 Å². The molecule has 0 saturated heterocycles. The minimum Gasteiger partial charge on any atom is -0.396 e. The average Bonchev–Trinajstić information content (AvgIpc) is 2.43. The largest absolute Gasteiger partial charge is 0.396 e. The van der Waals surface area contributed by atoms with E-state index in [9.17, 15) is 8.42 Å². The number of benzene rings is 1. The third-order valence-corrected chi connectivity index (χ3v) is 4.52. The number of aliphatic hydroxyl groups excluding tert-OH is 1. The summed E-state index contributed by atoms with van der Waals surface area (Å²) in [5.74, 6) is 0. The summed E-state index contributed by atoms with van der Waals surface area (Å²) in [6.45, 7) is 3.09. The van der Waals surface area contributed by atoms with Gasteiger partial charge in [-0.2, -0.15) is 0 Å². The molecule has 0 amide bonds. The van der Waals surface area contributed by atoms with Crippen molar-refractivity contribution in [3.05, 3.63) is 24.3 Å². The van der Waals surface area contributed by atoms with Gasteiger partial charge in [0, 0.05) is 19.7 Å². The number of hydrogen-bond acceptors (Lipinski definition) is 4. The third kappa shape index (κ3) is 5.48. The second-order valence-electron chi connectivity index (χ2n) is 4.56. The van der Waals surface area contributed by atoms with Crippen molar-refractivity contribution in [1.29, 1.82) is 0 Å². The summed E-state index contributed by atoms with van der Waals surface area (Å²) < 4.78 is 26.6. The molecule has 114 valence electrons. The Morgan fingerprint density at radius 2 is 1.80 bits per heavy atom. The highest BCUT2D eigenvalue weighted by Gasteiger charge is 2.16. The zero-order chi connectivity index (χ0) is 14.8. The number of nitrogens with one attached hydrogen (secondary N) is 2. The fraction of sp³-hybridized carbons (Fsp3) is 0.571. The second kappa shape index (κ2) is 8.94. The molecule has 3 N–H and O–H groups in total. The lowest BCUT2D eigenvalue weighted by Crippen LogP contribution is -2.24. The van der Waals surface area contributed by atoms with Crippen LogP contribution < -0.4 is 10.0 Å². The van der Waals surface area contributed by atoms with E-state index in [-0.39, 0.29) is 11.5 Å². The zero-order valence-corrected chi connectivity index (χ0v) is 12.7. The van der Waals surface area contributed by atoms with E-state index in [4.69, 9.17) is 5.11 Å². The van der Waals surface area contributed by atoms with Crippen LogP contribution in [0.5, 0.6) is 0 Å². The van der Waals surface area contributed by atoms with Crippen molar-refractivity contribution in [3.63, 3.8) is 0 Å². The van der Waals surface area contributed by atoms with Gasteiger partial charge in [-0.25, -0.2) is 13.1 Å². The highest BCUT2D eigenvalue weighted by atomic mass is 32.2. The molecule has 0 spiro atoms. The molecule has 0 aromatic heterocycles. The van der Waals surface area contributed by atoms with Crippen LogP contribution in [0.25, 0.3) is 0 Å². The van der Waals surface area contributed by atoms with Gasteiger partial charge in [-0.3, -0.25) is 0 Å². The van der Waals surface area contributed by atoms with Crippen LogP contribution in [0.15, 0.2) is 29.2 Å². The van der Waals surface area contributed by atoms with E-state index in [1.54, 1.807) is 25.1 Å². The van der Waals surface area contributed by atoms with Crippen LogP contribution in [0, 0.1) is 0 Å². The summed E-state index contributed by atoms with van der Waals surface area (Å²) in [6, 6.07) is 6.92. The van der Waals surface area contributed by atoms with Gasteiger partial charge < -0.3 is 10.4 Å². The average molecular weight is 300 g/mol. The van der Waals surface area contributed by atoms with Crippen LogP contribution in [0.2, 0.25) is 0 Å². The lowest BCUT2D eigenvalue weighted by molar-refractivity contribution is 0.283. The van der Waals surface area contributed by atoms with Gasteiger partial charge in [0.15, 0.2) is 0 Å². The Balaban J connectivity index is 2.58. The minimum absolute atomic E-state index is 0.233. The lowest BCUT2D eigenvalue weighted by atomic mass is 10.2. The van der Waals surface area contributed by atoms with Crippen LogP contribution >= 0.6 is 0 Å². The van der Waals surface area contributed by atoms with Gasteiger partial charge in [0.2, 0.25) is 10.0 Å². The molecule has 0 atom stereocenters. The van der Waals surface area contributed by atoms with Crippen LogP contribution in [0.1, 0.15) is 32.6 Å². The molecular formula is C14H24N2O3S. The van der Waals surface area contributed by atoms with Crippen molar-refractivity contribution in [1.82, 2.24) is 4.72 Å². The van der Waals surface area contributed by atoms with Gasteiger partial charge in [0.05, 0.1) is 5.69 Å².